The Hall–Kier alpha value is -2.60. The number of allylic oxidation sites excluding steroid dienone is 1. The van der Waals surface area contributed by atoms with Crippen molar-refractivity contribution in [2.75, 3.05) is 34.5 Å². The van der Waals surface area contributed by atoms with Crippen LogP contribution in [-0.4, -0.2) is 51.3 Å². The van der Waals surface area contributed by atoms with E-state index in [1.807, 2.05) is 12.1 Å². The quantitative estimate of drug-likeness (QED) is 0.431. The molecule has 6 nitrogen and oxygen atoms in total. The van der Waals surface area contributed by atoms with Crippen LogP contribution in [0.5, 0.6) is 5.75 Å². The van der Waals surface area contributed by atoms with Crippen LogP contribution in [0.15, 0.2) is 41.1 Å². The first-order valence-corrected chi connectivity index (χ1v) is 7.99. The molecule has 1 aromatic carbocycles. The highest BCUT2D eigenvalue weighted by Crippen LogP contribution is 2.31. The molecule has 0 N–H and O–H groups in total. The first-order valence-electron chi connectivity index (χ1n) is 7.99. The molecule has 1 aliphatic heterocycles. The number of carbonyl (C=O) groups excluding carboxylic acids is 2. The third kappa shape index (κ3) is 4.09. The molecule has 1 aliphatic rings. The van der Waals surface area contributed by atoms with Crippen LogP contribution in [0.1, 0.15) is 18.9 Å². The van der Waals surface area contributed by atoms with Gasteiger partial charge in [-0.1, -0.05) is 12.1 Å². The predicted octanol–water partition coefficient (Wildman–Crippen LogP) is 2.40. The van der Waals surface area contributed by atoms with Gasteiger partial charge in [-0.05, 0) is 37.1 Å². The molecule has 2 rings (SSSR count). The lowest BCUT2D eigenvalue weighted by molar-refractivity contribution is -0.136. The average Bonchev–Trinajstić information content (AvgIpc) is 2.86. The van der Waals surface area contributed by atoms with Gasteiger partial charge in [0, 0.05) is 26.0 Å². The molecule has 0 saturated carbocycles. The molecular formula is C19H23NO5. The number of rotatable bonds is 7. The van der Waals surface area contributed by atoms with Gasteiger partial charge in [0.05, 0.1) is 25.4 Å². The number of ether oxygens (including phenoxy) is 3. The van der Waals surface area contributed by atoms with Crippen molar-refractivity contribution in [3.8, 4) is 5.75 Å². The zero-order chi connectivity index (χ0) is 18.4. The topological polar surface area (TPSA) is 65.1 Å². The molecule has 0 spiro atoms. The number of hydrogen-bond donors (Lipinski definition) is 0. The maximum absolute atomic E-state index is 12.8. The van der Waals surface area contributed by atoms with Crippen molar-refractivity contribution in [2.24, 2.45) is 0 Å². The Bertz CT molecular complexity index is 703. The summed E-state index contributed by atoms with van der Waals surface area (Å²) in [7, 11) is 4.52. The predicted molar refractivity (Wildman–Crippen MR) is 93.9 cm³/mol. The summed E-state index contributed by atoms with van der Waals surface area (Å²) < 4.78 is 15.0. The van der Waals surface area contributed by atoms with E-state index in [0.717, 1.165) is 11.3 Å². The maximum Gasteiger partial charge on any atom is 0.340 e. The molecule has 25 heavy (non-hydrogen) atoms. The van der Waals surface area contributed by atoms with E-state index in [1.165, 1.54) is 7.11 Å². The van der Waals surface area contributed by atoms with Crippen LogP contribution in [0, 0.1) is 0 Å². The fraction of sp³-hybridized carbons (Fsp3) is 0.368. The van der Waals surface area contributed by atoms with Crippen LogP contribution in [0.4, 0.5) is 0 Å². The van der Waals surface area contributed by atoms with Gasteiger partial charge in [-0.2, -0.15) is 0 Å². The molecule has 0 fully saturated rings. The van der Waals surface area contributed by atoms with Gasteiger partial charge in [0.1, 0.15) is 5.75 Å². The number of esters is 1. The first kappa shape index (κ1) is 18.7. The average molecular weight is 345 g/mol. The zero-order valence-corrected chi connectivity index (χ0v) is 15.0. The van der Waals surface area contributed by atoms with Gasteiger partial charge in [0.2, 0.25) is 0 Å². The second-order valence-electron chi connectivity index (χ2n) is 5.59. The molecule has 0 radical (unpaired) electrons. The molecule has 1 aromatic rings. The van der Waals surface area contributed by atoms with E-state index in [4.69, 9.17) is 14.2 Å². The van der Waals surface area contributed by atoms with Gasteiger partial charge in [-0.25, -0.2) is 4.79 Å². The van der Waals surface area contributed by atoms with Crippen molar-refractivity contribution < 1.29 is 23.8 Å². The van der Waals surface area contributed by atoms with E-state index in [2.05, 4.69) is 0 Å². The molecule has 0 atom stereocenters. The highest BCUT2D eigenvalue weighted by Gasteiger charge is 2.36. The summed E-state index contributed by atoms with van der Waals surface area (Å²) in [5, 5.41) is 0. The molecule has 134 valence electrons. The van der Waals surface area contributed by atoms with Crippen LogP contribution in [0.3, 0.4) is 0 Å². The first-order chi connectivity index (χ1) is 12.0. The van der Waals surface area contributed by atoms with Gasteiger partial charge >= 0.3 is 5.97 Å². The van der Waals surface area contributed by atoms with E-state index < -0.39 is 5.97 Å². The minimum atomic E-state index is -0.514. The summed E-state index contributed by atoms with van der Waals surface area (Å²) in [6, 6.07) is 7.26. The van der Waals surface area contributed by atoms with Crippen molar-refractivity contribution in [3.05, 3.63) is 46.7 Å². The lowest BCUT2D eigenvalue weighted by Crippen LogP contribution is -2.26. The molecule has 0 aliphatic carbocycles. The van der Waals surface area contributed by atoms with Crippen molar-refractivity contribution in [1.82, 2.24) is 4.90 Å². The van der Waals surface area contributed by atoms with Gasteiger partial charge in [-0.15, -0.1) is 0 Å². The van der Waals surface area contributed by atoms with E-state index in [1.54, 1.807) is 44.3 Å². The normalized spacial score (nSPS) is 15.9. The van der Waals surface area contributed by atoms with E-state index in [0.29, 0.717) is 36.4 Å². The van der Waals surface area contributed by atoms with Crippen molar-refractivity contribution >= 4 is 18.0 Å². The van der Waals surface area contributed by atoms with E-state index in [9.17, 15) is 9.59 Å². The van der Waals surface area contributed by atoms with Gasteiger partial charge in [0.25, 0.3) is 5.91 Å². The van der Waals surface area contributed by atoms with Gasteiger partial charge in [0.15, 0.2) is 0 Å². The third-order valence-corrected chi connectivity index (χ3v) is 4.06. The fourth-order valence-electron chi connectivity index (χ4n) is 2.73. The summed E-state index contributed by atoms with van der Waals surface area (Å²) in [6.45, 7) is 2.78. The Labute approximate surface area is 147 Å². The van der Waals surface area contributed by atoms with E-state index >= 15 is 0 Å². The summed E-state index contributed by atoms with van der Waals surface area (Å²) in [5.41, 5.74) is 2.05. The van der Waals surface area contributed by atoms with Crippen molar-refractivity contribution in [2.45, 2.75) is 13.3 Å². The van der Waals surface area contributed by atoms with Crippen LogP contribution in [0.2, 0.25) is 0 Å². The number of nitrogens with zero attached hydrogens (tertiary/aromatic N) is 1. The molecule has 0 unspecified atom stereocenters. The second-order valence-corrected chi connectivity index (χ2v) is 5.59. The maximum atomic E-state index is 12.8. The largest absolute Gasteiger partial charge is 0.497 e. The number of amides is 1. The second kappa shape index (κ2) is 8.48. The fourth-order valence-corrected chi connectivity index (χ4v) is 2.73. The Morgan fingerprint density at radius 2 is 1.84 bits per heavy atom. The van der Waals surface area contributed by atoms with Crippen LogP contribution in [-0.2, 0) is 19.1 Å². The monoisotopic (exact) mass is 345 g/mol. The Morgan fingerprint density at radius 1 is 1.16 bits per heavy atom. The molecule has 1 amide bonds. The zero-order valence-electron chi connectivity index (χ0n) is 15.0. The number of carbonyl (C=O) groups is 2. The van der Waals surface area contributed by atoms with Crippen LogP contribution < -0.4 is 4.74 Å². The Balaban J connectivity index is 2.37. The summed E-state index contributed by atoms with van der Waals surface area (Å²) in [6.07, 6.45) is 2.39. The lowest BCUT2D eigenvalue weighted by Gasteiger charge is -2.17. The third-order valence-electron chi connectivity index (χ3n) is 4.06. The number of benzene rings is 1. The number of hydrogen-bond acceptors (Lipinski definition) is 5. The summed E-state index contributed by atoms with van der Waals surface area (Å²) >= 11 is 0. The van der Waals surface area contributed by atoms with Gasteiger partial charge in [-0.3, -0.25) is 4.79 Å². The SMILES string of the molecule is COCCCN1C(=O)C(=Cc2ccc(OC)cc2)C(C(=O)OC)=C1C. The molecule has 6 heteroatoms. The molecular weight excluding hydrogens is 322 g/mol. The van der Waals surface area contributed by atoms with Gasteiger partial charge < -0.3 is 19.1 Å². The van der Waals surface area contributed by atoms with Crippen molar-refractivity contribution in [3.63, 3.8) is 0 Å². The highest BCUT2D eigenvalue weighted by atomic mass is 16.5. The molecule has 1 heterocycles. The van der Waals surface area contributed by atoms with E-state index in [-0.39, 0.29) is 5.91 Å². The summed E-state index contributed by atoms with van der Waals surface area (Å²) in [5.74, 6) is 0.00526. The molecule has 0 saturated heterocycles. The molecule has 0 bridgehead atoms. The Kier molecular flexibility index (Phi) is 6.36. The summed E-state index contributed by atoms with van der Waals surface area (Å²) in [4.78, 5) is 26.6. The minimum Gasteiger partial charge on any atom is -0.497 e. The van der Waals surface area contributed by atoms with Crippen molar-refractivity contribution in [1.29, 1.82) is 0 Å². The Morgan fingerprint density at radius 3 is 2.40 bits per heavy atom. The molecule has 0 aromatic heterocycles. The lowest BCUT2D eigenvalue weighted by atomic mass is 10.0. The highest BCUT2D eigenvalue weighted by molar-refractivity contribution is 6.16. The minimum absolute atomic E-state index is 0.204. The van der Waals surface area contributed by atoms with Crippen LogP contribution >= 0.6 is 0 Å². The van der Waals surface area contributed by atoms with Crippen LogP contribution in [0.25, 0.3) is 6.08 Å². The number of methoxy groups -OCH3 is 3. The smallest absolute Gasteiger partial charge is 0.340 e. The standard InChI is InChI=1S/C19H23NO5/c1-13-17(19(22)25-4)16(18(21)20(13)10-5-11-23-2)12-14-6-8-15(24-3)9-7-14/h6-9,12H,5,10-11H2,1-4H3.